The summed E-state index contributed by atoms with van der Waals surface area (Å²) in [7, 11) is 0. The minimum atomic E-state index is 0.114. The lowest BCUT2D eigenvalue weighted by atomic mass is 9.87. The Balaban J connectivity index is 2.76. The van der Waals surface area contributed by atoms with E-state index in [1.165, 1.54) is 24.8 Å². The Hall–Kier alpha value is -0.540. The van der Waals surface area contributed by atoms with Crippen LogP contribution in [-0.4, -0.2) is 6.61 Å². The molecule has 2 atom stereocenters. The smallest absolute Gasteiger partial charge is 0.133 e. The van der Waals surface area contributed by atoms with E-state index in [1.54, 1.807) is 0 Å². The molecule has 3 heteroatoms. The van der Waals surface area contributed by atoms with Gasteiger partial charge in [-0.3, -0.25) is 0 Å². The molecule has 0 radical (unpaired) electrons. The first-order chi connectivity index (χ1) is 9.63. The monoisotopic (exact) mass is 341 g/mol. The maximum absolute atomic E-state index is 6.45. The standard InChI is InChI=1S/C17H28BrNO/c1-4-7-8-13(6-3)17(19)14-9-10-16(15(18)12-14)20-11-5-2/h9-10,12-13,17H,4-8,11,19H2,1-3H3. The van der Waals surface area contributed by atoms with Gasteiger partial charge in [0.05, 0.1) is 11.1 Å². The van der Waals surface area contributed by atoms with Gasteiger partial charge in [0.15, 0.2) is 0 Å². The summed E-state index contributed by atoms with van der Waals surface area (Å²) in [4.78, 5) is 0. The first kappa shape index (κ1) is 17.5. The van der Waals surface area contributed by atoms with Gasteiger partial charge in [-0.05, 0) is 52.4 Å². The first-order valence-corrected chi connectivity index (χ1v) is 8.61. The van der Waals surface area contributed by atoms with Gasteiger partial charge in [-0.25, -0.2) is 0 Å². The Morgan fingerprint density at radius 3 is 2.50 bits per heavy atom. The van der Waals surface area contributed by atoms with Gasteiger partial charge in [-0.2, -0.15) is 0 Å². The molecule has 0 aromatic heterocycles. The highest BCUT2D eigenvalue weighted by Gasteiger charge is 2.18. The summed E-state index contributed by atoms with van der Waals surface area (Å²) < 4.78 is 6.69. The van der Waals surface area contributed by atoms with Gasteiger partial charge in [0.1, 0.15) is 5.75 Å². The van der Waals surface area contributed by atoms with E-state index in [1.807, 2.05) is 6.07 Å². The summed E-state index contributed by atoms with van der Waals surface area (Å²) in [6, 6.07) is 6.36. The van der Waals surface area contributed by atoms with Crippen LogP contribution in [0.25, 0.3) is 0 Å². The second kappa shape index (κ2) is 9.41. The normalized spacial score (nSPS) is 14.1. The van der Waals surface area contributed by atoms with Gasteiger partial charge >= 0.3 is 0 Å². The van der Waals surface area contributed by atoms with Crippen molar-refractivity contribution in [3.63, 3.8) is 0 Å². The third-order valence-electron chi connectivity index (χ3n) is 3.76. The van der Waals surface area contributed by atoms with Crippen molar-refractivity contribution < 1.29 is 4.74 Å². The van der Waals surface area contributed by atoms with E-state index < -0.39 is 0 Å². The summed E-state index contributed by atoms with van der Waals surface area (Å²) in [6.07, 6.45) is 5.84. The van der Waals surface area contributed by atoms with Gasteiger partial charge in [0, 0.05) is 6.04 Å². The molecule has 0 saturated heterocycles. The zero-order chi connectivity index (χ0) is 15.0. The van der Waals surface area contributed by atoms with Crippen molar-refractivity contribution in [2.24, 2.45) is 11.7 Å². The van der Waals surface area contributed by atoms with Gasteiger partial charge in [0.25, 0.3) is 0 Å². The fourth-order valence-electron chi connectivity index (χ4n) is 2.43. The lowest BCUT2D eigenvalue weighted by Gasteiger charge is -2.23. The number of ether oxygens (including phenoxy) is 1. The molecule has 2 unspecified atom stereocenters. The summed E-state index contributed by atoms with van der Waals surface area (Å²) in [5.41, 5.74) is 7.65. The number of halogens is 1. The van der Waals surface area contributed by atoms with Crippen molar-refractivity contribution in [1.82, 2.24) is 0 Å². The second-order valence-corrected chi connectivity index (χ2v) is 6.23. The molecule has 0 heterocycles. The predicted molar refractivity (Wildman–Crippen MR) is 90.2 cm³/mol. The Morgan fingerprint density at radius 1 is 1.20 bits per heavy atom. The Morgan fingerprint density at radius 2 is 1.95 bits per heavy atom. The highest BCUT2D eigenvalue weighted by Crippen LogP contribution is 2.32. The zero-order valence-corrected chi connectivity index (χ0v) is 14.6. The quantitative estimate of drug-likeness (QED) is 0.647. The van der Waals surface area contributed by atoms with E-state index in [0.717, 1.165) is 29.7 Å². The summed E-state index contributed by atoms with van der Waals surface area (Å²) in [5.74, 6) is 1.47. The SMILES string of the molecule is CCCCC(CC)C(N)c1ccc(OCCC)c(Br)c1. The van der Waals surface area contributed by atoms with Crippen molar-refractivity contribution in [3.8, 4) is 5.75 Å². The molecule has 0 aliphatic rings. The van der Waals surface area contributed by atoms with Gasteiger partial charge in [-0.1, -0.05) is 46.1 Å². The van der Waals surface area contributed by atoms with Crippen molar-refractivity contribution in [2.75, 3.05) is 6.61 Å². The molecule has 0 amide bonds. The van der Waals surface area contributed by atoms with E-state index in [-0.39, 0.29) is 6.04 Å². The highest BCUT2D eigenvalue weighted by atomic mass is 79.9. The van der Waals surface area contributed by atoms with E-state index in [9.17, 15) is 0 Å². The topological polar surface area (TPSA) is 35.2 Å². The lowest BCUT2D eigenvalue weighted by molar-refractivity contribution is 0.315. The number of rotatable bonds is 9. The van der Waals surface area contributed by atoms with E-state index in [2.05, 4.69) is 48.8 Å². The molecular formula is C17H28BrNO. The fourth-order valence-corrected chi connectivity index (χ4v) is 2.94. The average Bonchev–Trinajstić information content (AvgIpc) is 2.46. The number of benzene rings is 1. The van der Waals surface area contributed by atoms with E-state index >= 15 is 0 Å². The second-order valence-electron chi connectivity index (χ2n) is 5.37. The molecule has 0 fully saturated rings. The minimum Gasteiger partial charge on any atom is -0.492 e. The van der Waals surface area contributed by atoms with Crippen LogP contribution in [0.5, 0.6) is 5.75 Å². The molecule has 2 nitrogen and oxygen atoms in total. The lowest BCUT2D eigenvalue weighted by Crippen LogP contribution is -2.21. The van der Waals surface area contributed by atoms with Crippen molar-refractivity contribution in [3.05, 3.63) is 28.2 Å². The molecule has 114 valence electrons. The van der Waals surface area contributed by atoms with Crippen LogP contribution < -0.4 is 10.5 Å². The maximum Gasteiger partial charge on any atom is 0.133 e. The molecule has 20 heavy (non-hydrogen) atoms. The molecular weight excluding hydrogens is 314 g/mol. The molecule has 1 aromatic rings. The third kappa shape index (κ3) is 5.10. The molecule has 1 aromatic carbocycles. The number of hydrogen-bond donors (Lipinski definition) is 1. The van der Waals surface area contributed by atoms with Crippen LogP contribution in [0, 0.1) is 5.92 Å². The summed E-state index contributed by atoms with van der Waals surface area (Å²) in [5, 5.41) is 0. The number of nitrogens with two attached hydrogens (primary N) is 1. The molecule has 0 spiro atoms. The molecule has 0 saturated carbocycles. The van der Waals surface area contributed by atoms with Crippen LogP contribution in [0.1, 0.15) is 64.5 Å². The number of hydrogen-bond acceptors (Lipinski definition) is 2. The fraction of sp³-hybridized carbons (Fsp3) is 0.647. The summed E-state index contributed by atoms with van der Waals surface area (Å²) in [6.45, 7) is 7.32. The predicted octanol–water partition coefficient (Wildman–Crippen LogP) is 5.45. The van der Waals surface area contributed by atoms with Gasteiger partial charge in [0.2, 0.25) is 0 Å². The molecule has 2 N–H and O–H groups in total. The van der Waals surface area contributed by atoms with Crippen LogP contribution in [0.3, 0.4) is 0 Å². The van der Waals surface area contributed by atoms with Crippen molar-refractivity contribution in [2.45, 2.75) is 58.9 Å². The Bertz CT molecular complexity index is 395. The molecule has 1 rings (SSSR count). The zero-order valence-electron chi connectivity index (χ0n) is 13.0. The largest absolute Gasteiger partial charge is 0.492 e. The number of unbranched alkanes of at least 4 members (excludes halogenated alkanes) is 1. The van der Waals surface area contributed by atoms with Crippen LogP contribution in [-0.2, 0) is 0 Å². The maximum atomic E-state index is 6.45. The van der Waals surface area contributed by atoms with Crippen LogP contribution in [0.4, 0.5) is 0 Å². The van der Waals surface area contributed by atoms with E-state index in [0.29, 0.717) is 5.92 Å². The highest BCUT2D eigenvalue weighted by molar-refractivity contribution is 9.10. The van der Waals surface area contributed by atoms with Crippen LogP contribution in [0.2, 0.25) is 0 Å². The van der Waals surface area contributed by atoms with Crippen molar-refractivity contribution >= 4 is 15.9 Å². The third-order valence-corrected chi connectivity index (χ3v) is 4.38. The summed E-state index contributed by atoms with van der Waals surface area (Å²) >= 11 is 3.59. The molecule has 0 aliphatic heterocycles. The van der Waals surface area contributed by atoms with Crippen LogP contribution in [0.15, 0.2) is 22.7 Å². The van der Waals surface area contributed by atoms with Gasteiger partial charge < -0.3 is 10.5 Å². The van der Waals surface area contributed by atoms with E-state index in [4.69, 9.17) is 10.5 Å². The van der Waals surface area contributed by atoms with Crippen molar-refractivity contribution in [1.29, 1.82) is 0 Å². The average molecular weight is 342 g/mol. The Labute approximate surface area is 132 Å². The Kier molecular flexibility index (Phi) is 8.24. The first-order valence-electron chi connectivity index (χ1n) is 7.81. The van der Waals surface area contributed by atoms with Crippen LogP contribution >= 0.6 is 15.9 Å². The molecule has 0 bridgehead atoms. The van der Waals surface area contributed by atoms with Gasteiger partial charge in [-0.15, -0.1) is 0 Å². The minimum absolute atomic E-state index is 0.114. The molecule has 0 aliphatic carbocycles.